The molecule has 7 aromatic rings. The molecule has 0 atom stereocenters. The molecule has 0 spiro atoms. The van der Waals surface area contributed by atoms with E-state index in [1.54, 1.807) is 11.3 Å². The molecule has 7 heteroatoms. The van der Waals surface area contributed by atoms with Crippen LogP contribution in [0.3, 0.4) is 0 Å². The highest BCUT2D eigenvalue weighted by atomic mass is 32.1. The Morgan fingerprint density at radius 3 is 2.24 bits per heavy atom. The zero-order valence-electron chi connectivity index (χ0n) is 23.3. The molecule has 0 saturated carbocycles. The van der Waals surface area contributed by atoms with Crippen molar-refractivity contribution in [3.63, 3.8) is 0 Å². The first-order chi connectivity index (χ1) is 19.8. The molecule has 8 rings (SSSR count). The molecule has 200 valence electrons. The highest BCUT2D eigenvalue weighted by Crippen LogP contribution is 2.42. The Labute approximate surface area is 241 Å². The summed E-state index contributed by atoms with van der Waals surface area (Å²) in [7, 11) is -0.446. The van der Waals surface area contributed by atoms with E-state index in [1.165, 1.54) is 0 Å². The van der Waals surface area contributed by atoms with E-state index in [2.05, 4.69) is 76.2 Å². The summed E-state index contributed by atoms with van der Waals surface area (Å²) in [6.07, 6.45) is 0. The number of hydrogen-bond donors (Lipinski definition) is 0. The van der Waals surface area contributed by atoms with Crippen molar-refractivity contribution in [3.05, 3.63) is 91.0 Å². The molecule has 0 bridgehead atoms. The van der Waals surface area contributed by atoms with Crippen molar-refractivity contribution < 1.29 is 13.7 Å². The SMILES string of the molecule is CC1(C)OB(c2ccc3sc4c(-c5ccccc5)nc(-c5cccc6c5oc5ccccc56)nc4c3c2)OC1(C)C. The molecule has 4 aromatic carbocycles. The first-order valence-electron chi connectivity index (χ1n) is 13.8. The van der Waals surface area contributed by atoms with E-state index in [9.17, 15) is 0 Å². The fourth-order valence-corrected chi connectivity index (χ4v) is 6.76. The summed E-state index contributed by atoms with van der Waals surface area (Å²) < 4.78 is 21.4. The number of thiophene rings is 1. The van der Waals surface area contributed by atoms with Crippen molar-refractivity contribution in [1.82, 2.24) is 9.97 Å². The van der Waals surface area contributed by atoms with Gasteiger partial charge in [0, 0.05) is 26.4 Å². The Morgan fingerprint density at radius 1 is 0.707 bits per heavy atom. The second-order valence-corrected chi connectivity index (χ2v) is 12.7. The Bertz CT molecular complexity index is 2120. The second kappa shape index (κ2) is 8.73. The topological polar surface area (TPSA) is 57.4 Å². The largest absolute Gasteiger partial charge is 0.494 e. The molecule has 3 aromatic heterocycles. The fraction of sp³-hybridized carbons (Fsp3) is 0.176. The van der Waals surface area contributed by atoms with E-state index < -0.39 is 18.3 Å². The molecule has 1 aliphatic rings. The van der Waals surface area contributed by atoms with Crippen LogP contribution < -0.4 is 5.46 Å². The monoisotopic (exact) mass is 554 g/mol. The highest BCUT2D eigenvalue weighted by Gasteiger charge is 2.51. The van der Waals surface area contributed by atoms with E-state index in [-0.39, 0.29) is 0 Å². The van der Waals surface area contributed by atoms with Gasteiger partial charge >= 0.3 is 7.12 Å². The van der Waals surface area contributed by atoms with Gasteiger partial charge in [-0.3, -0.25) is 0 Å². The molecule has 0 radical (unpaired) electrons. The third-order valence-corrected chi connectivity index (χ3v) is 9.72. The quantitative estimate of drug-likeness (QED) is 0.205. The van der Waals surface area contributed by atoms with Gasteiger partial charge in [-0.2, -0.15) is 0 Å². The Hall–Kier alpha value is -4.04. The lowest BCUT2D eigenvalue weighted by atomic mass is 9.78. The van der Waals surface area contributed by atoms with Gasteiger partial charge in [-0.15, -0.1) is 11.3 Å². The molecule has 0 unspecified atom stereocenters. The number of rotatable bonds is 3. The number of nitrogens with zero attached hydrogens (tertiary/aromatic N) is 2. The highest BCUT2D eigenvalue weighted by molar-refractivity contribution is 7.26. The molecule has 0 N–H and O–H groups in total. The Kier molecular flexibility index (Phi) is 5.27. The molecular weight excluding hydrogens is 527 g/mol. The van der Waals surface area contributed by atoms with Crippen molar-refractivity contribution >= 4 is 66.2 Å². The van der Waals surface area contributed by atoms with Crippen LogP contribution in [0.5, 0.6) is 0 Å². The number of fused-ring (bicyclic) bond motifs is 6. The third-order valence-electron chi connectivity index (χ3n) is 8.55. The zero-order valence-corrected chi connectivity index (χ0v) is 24.1. The van der Waals surface area contributed by atoms with E-state index in [0.29, 0.717) is 5.82 Å². The Balaban J connectivity index is 1.38. The normalized spacial score (nSPS) is 16.4. The molecule has 0 amide bonds. The summed E-state index contributed by atoms with van der Waals surface area (Å²) in [5.74, 6) is 0.641. The van der Waals surface area contributed by atoms with E-state index in [4.69, 9.17) is 23.7 Å². The summed E-state index contributed by atoms with van der Waals surface area (Å²) in [5, 5.41) is 3.21. The predicted octanol–water partition coefficient (Wildman–Crippen LogP) is 8.38. The summed E-state index contributed by atoms with van der Waals surface area (Å²) in [6.45, 7) is 8.32. The van der Waals surface area contributed by atoms with Crippen LogP contribution in [0.15, 0.2) is 95.4 Å². The molecule has 1 fully saturated rings. The van der Waals surface area contributed by atoms with Gasteiger partial charge in [-0.05, 0) is 51.4 Å². The fourth-order valence-electron chi connectivity index (χ4n) is 5.62. The Morgan fingerprint density at radius 2 is 1.44 bits per heavy atom. The molecule has 0 aliphatic carbocycles. The van der Waals surface area contributed by atoms with Gasteiger partial charge < -0.3 is 13.7 Å². The lowest BCUT2D eigenvalue weighted by molar-refractivity contribution is 0.00578. The minimum atomic E-state index is -0.446. The summed E-state index contributed by atoms with van der Waals surface area (Å²) >= 11 is 1.72. The van der Waals surface area contributed by atoms with Gasteiger partial charge in [0.05, 0.1) is 32.7 Å². The minimum Gasteiger partial charge on any atom is -0.455 e. The lowest BCUT2D eigenvalue weighted by Gasteiger charge is -2.32. The number of aromatic nitrogens is 2. The van der Waals surface area contributed by atoms with E-state index in [0.717, 1.165) is 64.5 Å². The van der Waals surface area contributed by atoms with Crippen LogP contribution in [0.2, 0.25) is 0 Å². The van der Waals surface area contributed by atoms with Gasteiger partial charge in [0.2, 0.25) is 0 Å². The average molecular weight is 554 g/mol. The van der Waals surface area contributed by atoms with Crippen LogP contribution in [0, 0.1) is 0 Å². The number of hydrogen-bond acceptors (Lipinski definition) is 6. The first kappa shape index (κ1) is 24.7. The maximum Gasteiger partial charge on any atom is 0.494 e. The van der Waals surface area contributed by atoms with Gasteiger partial charge in [0.25, 0.3) is 0 Å². The summed E-state index contributed by atoms with van der Waals surface area (Å²) in [6, 6.07) is 31.1. The van der Waals surface area contributed by atoms with Crippen molar-refractivity contribution in [2.45, 2.75) is 38.9 Å². The van der Waals surface area contributed by atoms with Crippen molar-refractivity contribution in [3.8, 4) is 22.6 Å². The van der Waals surface area contributed by atoms with Crippen molar-refractivity contribution in [1.29, 1.82) is 0 Å². The van der Waals surface area contributed by atoms with E-state index >= 15 is 0 Å². The van der Waals surface area contributed by atoms with Crippen molar-refractivity contribution in [2.75, 3.05) is 0 Å². The van der Waals surface area contributed by atoms with Gasteiger partial charge in [-0.25, -0.2) is 9.97 Å². The second-order valence-electron chi connectivity index (χ2n) is 11.7. The number of para-hydroxylation sites is 2. The number of furan rings is 1. The first-order valence-corrected chi connectivity index (χ1v) is 14.7. The van der Waals surface area contributed by atoms with Crippen LogP contribution in [0.1, 0.15) is 27.7 Å². The van der Waals surface area contributed by atoms with Crippen LogP contribution >= 0.6 is 11.3 Å². The van der Waals surface area contributed by atoms with Gasteiger partial charge in [0.1, 0.15) is 11.2 Å². The molecular formula is C34H27BN2O3S. The van der Waals surface area contributed by atoms with Crippen LogP contribution in [-0.4, -0.2) is 28.3 Å². The van der Waals surface area contributed by atoms with E-state index in [1.807, 2.05) is 42.5 Å². The molecule has 41 heavy (non-hydrogen) atoms. The average Bonchev–Trinajstić information content (AvgIpc) is 3.61. The standard InChI is InChI=1S/C34H27BN2O3S/c1-33(2)34(3,4)40-35(39-33)21-17-18-27-25(19-21)29-31(41-27)28(20-11-6-5-7-12-20)36-32(37-29)24-15-10-14-23-22-13-8-9-16-26(22)38-30(23)24/h5-19H,1-4H3. The minimum absolute atomic E-state index is 0.412. The maximum atomic E-state index is 6.39. The summed E-state index contributed by atoms with van der Waals surface area (Å²) in [5.41, 5.74) is 5.57. The predicted molar refractivity (Wildman–Crippen MR) is 169 cm³/mol. The molecule has 1 aliphatic heterocycles. The van der Waals surface area contributed by atoms with Crippen molar-refractivity contribution in [2.24, 2.45) is 0 Å². The zero-order chi connectivity index (χ0) is 27.9. The van der Waals surface area contributed by atoms with Crippen LogP contribution in [0.4, 0.5) is 0 Å². The maximum absolute atomic E-state index is 6.39. The van der Waals surface area contributed by atoms with Crippen LogP contribution in [-0.2, 0) is 9.31 Å². The smallest absolute Gasteiger partial charge is 0.455 e. The molecule has 1 saturated heterocycles. The third kappa shape index (κ3) is 3.77. The van der Waals surface area contributed by atoms with Gasteiger partial charge in [0.15, 0.2) is 5.82 Å². The molecule has 4 heterocycles. The van der Waals surface area contributed by atoms with Crippen LogP contribution in [0.25, 0.3) is 64.9 Å². The molecule has 5 nitrogen and oxygen atoms in total. The number of benzene rings is 4. The lowest BCUT2D eigenvalue weighted by Crippen LogP contribution is -2.41. The summed E-state index contributed by atoms with van der Waals surface area (Å²) in [4.78, 5) is 10.4. The van der Waals surface area contributed by atoms with Gasteiger partial charge in [-0.1, -0.05) is 72.8 Å².